The number of unbranched alkanes of at least 4 members (excludes halogenated alkanes) is 3. The fourth-order valence-electron chi connectivity index (χ4n) is 2.26. The highest BCUT2D eigenvalue weighted by Gasteiger charge is 2.28. The third-order valence-corrected chi connectivity index (χ3v) is 5.39. The molecule has 0 bridgehead atoms. The topological polar surface area (TPSA) is 38.0 Å². The van der Waals surface area contributed by atoms with Crippen molar-refractivity contribution in [2.24, 2.45) is 5.73 Å². The molecular weight excluding hydrogens is 228 g/mol. The Morgan fingerprint density at radius 2 is 1.94 bits per heavy atom. The van der Waals surface area contributed by atoms with Gasteiger partial charge in [-0.3, -0.25) is 0 Å². The maximum Gasteiger partial charge on any atom is 0.178 e. The van der Waals surface area contributed by atoms with Crippen LogP contribution in [0.4, 0.5) is 0 Å². The molecule has 2 rings (SSSR count). The van der Waals surface area contributed by atoms with Crippen LogP contribution in [0.5, 0.6) is 0 Å². The predicted molar refractivity (Wildman–Crippen MR) is 76.2 cm³/mol. The highest BCUT2D eigenvalue weighted by Crippen LogP contribution is 2.22. The lowest BCUT2D eigenvalue weighted by molar-refractivity contribution is 0.675. The van der Waals surface area contributed by atoms with Gasteiger partial charge >= 0.3 is 0 Å². The molecule has 3 N–H and O–H groups in total. The van der Waals surface area contributed by atoms with Gasteiger partial charge in [-0.1, -0.05) is 24.6 Å². The van der Waals surface area contributed by atoms with Crippen molar-refractivity contribution < 1.29 is 0 Å². The summed E-state index contributed by atoms with van der Waals surface area (Å²) in [5.41, 5.74) is 7.06. The lowest BCUT2D eigenvalue weighted by atomic mass is 10.1. The Bertz CT molecular complexity index is 341. The fraction of sp³-hybridized carbons (Fsp3) is 0.571. The van der Waals surface area contributed by atoms with E-state index in [4.69, 9.17) is 5.73 Å². The number of fused-ring (bicyclic) bond motifs is 1. The first-order valence-corrected chi connectivity index (χ1v) is 8.03. The Labute approximate surface area is 107 Å². The van der Waals surface area contributed by atoms with Crippen LogP contribution in [-0.2, 0) is 17.5 Å². The van der Waals surface area contributed by atoms with E-state index >= 15 is 0 Å². The van der Waals surface area contributed by atoms with Crippen LogP contribution in [0.3, 0.4) is 0 Å². The molecule has 0 saturated carbocycles. The first-order valence-electron chi connectivity index (χ1n) is 6.64. The molecule has 0 fully saturated rings. The van der Waals surface area contributed by atoms with Crippen LogP contribution < -0.4 is 10.5 Å². The number of hydrogen-bond donors (Lipinski definition) is 2. The van der Waals surface area contributed by atoms with Gasteiger partial charge in [-0.2, -0.15) is 0 Å². The van der Waals surface area contributed by atoms with E-state index in [1.54, 1.807) is 10.5 Å². The zero-order valence-electron chi connectivity index (χ0n) is 10.5. The molecule has 1 unspecified atom stereocenters. The van der Waals surface area contributed by atoms with Gasteiger partial charge in [-0.05, 0) is 38.3 Å². The summed E-state index contributed by atoms with van der Waals surface area (Å²) in [7, 11) is 0. The summed E-state index contributed by atoms with van der Waals surface area (Å²) in [5.74, 6) is 1.29. The first-order chi connectivity index (χ1) is 8.42. The van der Waals surface area contributed by atoms with Gasteiger partial charge in [0.25, 0.3) is 0 Å². The van der Waals surface area contributed by atoms with Crippen molar-refractivity contribution in [2.45, 2.75) is 37.0 Å². The Hall–Kier alpha value is -0.510. The van der Waals surface area contributed by atoms with Gasteiger partial charge in [0.2, 0.25) is 0 Å². The van der Waals surface area contributed by atoms with Crippen LogP contribution in [0.25, 0.3) is 0 Å². The number of nitrogens with two attached hydrogens (primary N) is 1. The molecule has 1 aromatic carbocycles. The van der Waals surface area contributed by atoms with Crippen LogP contribution >= 0.6 is 0 Å². The number of hydrogen-bond acceptors (Lipinski definition) is 2. The van der Waals surface area contributed by atoms with Gasteiger partial charge in [0.05, 0.1) is 0 Å². The van der Waals surface area contributed by atoms with E-state index in [1.807, 2.05) is 0 Å². The minimum absolute atomic E-state index is 0.294. The third kappa shape index (κ3) is 3.73. The molecule has 1 aliphatic heterocycles. The van der Waals surface area contributed by atoms with Gasteiger partial charge in [0.1, 0.15) is 16.8 Å². The Kier molecular flexibility index (Phi) is 5.36. The van der Waals surface area contributed by atoms with E-state index in [2.05, 4.69) is 29.0 Å². The molecular formula is C14H23N2S+. The summed E-state index contributed by atoms with van der Waals surface area (Å²) in [6.07, 6.45) is 6.30. The molecule has 94 valence electrons. The van der Waals surface area contributed by atoms with Gasteiger partial charge in [0, 0.05) is 12.1 Å². The smallest absolute Gasteiger partial charge is 0.178 e. The largest absolute Gasteiger partial charge is 0.330 e. The molecule has 1 atom stereocenters. The van der Waals surface area contributed by atoms with E-state index in [1.165, 1.54) is 37.9 Å². The molecule has 1 aromatic rings. The second-order valence-electron chi connectivity index (χ2n) is 4.55. The molecule has 0 spiro atoms. The summed E-state index contributed by atoms with van der Waals surface area (Å²) in [6.45, 7) is 1.98. The predicted octanol–water partition coefficient (Wildman–Crippen LogP) is 2.24. The normalized spacial score (nSPS) is 19.0. The van der Waals surface area contributed by atoms with E-state index in [9.17, 15) is 0 Å². The average molecular weight is 251 g/mol. The van der Waals surface area contributed by atoms with Crippen molar-refractivity contribution in [3.63, 3.8) is 0 Å². The molecule has 0 aliphatic carbocycles. The number of rotatable bonds is 6. The lowest BCUT2D eigenvalue weighted by Gasteiger charge is -2.17. The van der Waals surface area contributed by atoms with Gasteiger partial charge in [0.15, 0.2) is 4.90 Å². The van der Waals surface area contributed by atoms with Gasteiger partial charge in [-0.25, -0.2) is 0 Å². The molecule has 0 radical (unpaired) electrons. The molecule has 0 saturated heterocycles. The molecule has 2 nitrogen and oxygen atoms in total. The van der Waals surface area contributed by atoms with E-state index < -0.39 is 0 Å². The summed E-state index contributed by atoms with van der Waals surface area (Å²) >= 11 is 0.294. The Balaban J connectivity index is 1.82. The van der Waals surface area contributed by atoms with Crippen molar-refractivity contribution in [2.75, 3.05) is 18.8 Å². The summed E-state index contributed by atoms with van der Waals surface area (Å²) < 4.78 is 3.67. The Morgan fingerprint density at radius 3 is 2.82 bits per heavy atom. The molecule has 0 aromatic heterocycles. The van der Waals surface area contributed by atoms with Crippen LogP contribution in [0.1, 0.15) is 31.2 Å². The van der Waals surface area contributed by atoms with Gasteiger partial charge in [-0.15, -0.1) is 4.72 Å². The Morgan fingerprint density at radius 1 is 1.12 bits per heavy atom. The van der Waals surface area contributed by atoms with Crippen molar-refractivity contribution >= 4 is 11.1 Å². The molecule has 0 amide bonds. The first kappa shape index (κ1) is 12.9. The van der Waals surface area contributed by atoms with Crippen LogP contribution in [0.15, 0.2) is 29.2 Å². The summed E-state index contributed by atoms with van der Waals surface area (Å²) in [6, 6.07) is 8.91. The summed E-state index contributed by atoms with van der Waals surface area (Å²) in [4.78, 5) is 1.55. The second kappa shape index (κ2) is 7.04. The zero-order valence-corrected chi connectivity index (χ0v) is 11.3. The van der Waals surface area contributed by atoms with Crippen LogP contribution in [0.2, 0.25) is 0 Å². The van der Waals surface area contributed by atoms with E-state index in [-0.39, 0.29) is 0 Å². The molecule has 3 heteroatoms. The maximum absolute atomic E-state index is 5.51. The molecule has 1 heterocycles. The quantitative estimate of drug-likeness (QED) is 0.601. The SMILES string of the molecule is NCCCCCC[S+]1NCCc2ccccc21. The number of nitrogens with one attached hydrogen (secondary N) is 1. The number of benzene rings is 1. The standard InChI is InChI=1S/C14H23N2S/c15-10-5-1-2-6-12-17-14-8-4-3-7-13(14)9-11-16-17/h3-4,7-8,16H,1-2,5-6,9-12,15H2/q+1. The highest BCUT2D eigenvalue weighted by molar-refractivity contribution is 7.95. The van der Waals surface area contributed by atoms with Crippen molar-refractivity contribution in [1.29, 1.82) is 0 Å². The minimum atomic E-state index is 0.294. The van der Waals surface area contributed by atoms with Gasteiger partial charge < -0.3 is 5.73 Å². The average Bonchev–Trinajstić information content (AvgIpc) is 2.39. The molecule has 17 heavy (non-hydrogen) atoms. The van der Waals surface area contributed by atoms with Crippen LogP contribution in [-0.4, -0.2) is 18.8 Å². The van der Waals surface area contributed by atoms with E-state index in [0.717, 1.165) is 13.1 Å². The van der Waals surface area contributed by atoms with Crippen molar-refractivity contribution in [1.82, 2.24) is 4.72 Å². The third-order valence-electron chi connectivity index (χ3n) is 3.21. The zero-order chi connectivity index (χ0) is 11.9. The monoisotopic (exact) mass is 251 g/mol. The van der Waals surface area contributed by atoms with Crippen molar-refractivity contribution in [3.05, 3.63) is 29.8 Å². The van der Waals surface area contributed by atoms with E-state index in [0.29, 0.717) is 11.1 Å². The summed E-state index contributed by atoms with van der Waals surface area (Å²) in [5, 5.41) is 0. The fourth-order valence-corrected chi connectivity index (χ4v) is 4.35. The maximum atomic E-state index is 5.51. The second-order valence-corrected chi connectivity index (χ2v) is 6.47. The van der Waals surface area contributed by atoms with Crippen molar-refractivity contribution in [3.8, 4) is 0 Å². The molecule has 1 aliphatic rings. The highest BCUT2D eigenvalue weighted by atomic mass is 32.2. The minimum Gasteiger partial charge on any atom is -0.330 e. The lowest BCUT2D eigenvalue weighted by Crippen LogP contribution is -2.34. The van der Waals surface area contributed by atoms with Crippen LogP contribution in [0, 0.1) is 0 Å².